The molecule has 3 rings (SSSR count). The third-order valence-corrected chi connectivity index (χ3v) is 5.24. The molecule has 0 radical (unpaired) electrons. The van der Waals surface area contributed by atoms with Gasteiger partial charge in [-0.1, -0.05) is 13.8 Å². The maximum absolute atomic E-state index is 13.6. The summed E-state index contributed by atoms with van der Waals surface area (Å²) < 4.78 is 15.8. The minimum absolute atomic E-state index is 0.0623. The van der Waals surface area contributed by atoms with Gasteiger partial charge < -0.3 is 9.47 Å². The van der Waals surface area contributed by atoms with Gasteiger partial charge in [-0.3, -0.25) is 4.79 Å². The second-order valence-electron chi connectivity index (χ2n) is 6.40. The second-order valence-corrected chi connectivity index (χ2v) is 7.25. The predicted molar refractivity (Wildman–Crippen MR) is 93.9 cm³/mol. The van der Waals surface area contributed by atoms with E-state index in [9.17, 15) is 9.18 Å². The van der Waals surface area contributed by atoms with E-state index in [4.69, 9.17) is 4.98 Å². The lowest BCUT2D eigenvalue weighted by atomic mass is 10.1. The number of halogens is 1. The Morgan fingerprint density at radius 2 is 2.12 bits per heavy atom. The van der Waals surface area contributed by atoms with Crippen molar-refractivity contribution in [3.05, 3.63) is 46.8 Å². The number of aromatic nitrogens is 2. The number of imidazole rings is 1. The molecule has 0 atom stereocenters. The van der Waals surface area contributed by atoms with Crippen molar-refractivity contribution in [2.75, 3.05) is 12.8 Å². The molecular weight excluding hydrogens is 325 g/mol. The van der Waals surface area contributed by atoms with Crippen molar-refractivity contribution in [3.63, 3.8) is 0 Å². The van der Waals surface area contributed by atoms with Crippen LogP contribution in [0, 0.1) is 5.82 Å². The van der Waals surface area contributed by atoms with Crippen LogP contribution in [0.1, 0.15) is 47.3 Å². The Morgan fingerprint density at radius 3 is 2.79 bits per heavy atom. The van der Waals surface area contributed by atoms with E-state index in [2.05, 4.69) is 18.4 Å². The number of rotatable bonds is 3. The lowest BCUT2D eigenvalue weighted by Gasteiger charge is -2.27. The van der Waals surface area contributed by atoms with Crippen molar-refractivity contribution in [2.24, 2.45) is 7.05 Å². The lowest BCUT2D eigenvalue weighted by Crippen LogP contribution is -2.36. The van der Waals surface area contributed by atoms with Gasteiger partial charge in [0.15, 0.2) is 0 Å². The summed E-state index contributed by atoms with van der Waals surface area (Å²) in [5.41, 5.74) is 2.73. The van der Waals surface area contributed by atoms with Crippen LogP contribution in [0.4, 0.5) is 4.39 Å². The highest BCUT2D eigenvalue weighted by Gasteiger charge is 2.27. The Bertz CT molecular complexity index is 785. The molecule has 0 spiro atoms. The summed E-state index contributed by atoms with van der Waals surface area (Å²) in [6.45, 7) is 5.42. The highest BCUT2D eigenvalue weighted by molar-refractivity contribution is 7.98. The monoisotopic (exact) mass is 347 g/mol. The molecule has 0 aliphatic carbocycles. The van der Waals surface area contributed by atoms with Crippen molar-refractivity contribution in [2.45, 2.75) is 37.6 Å². The minimum Gasteiger partial charge on any atom is -0.334 e. The molecule has 0 unspecified atom stereocenters. The summed E-state index contributed by atoms with van der Waals surface area (Å²) in [4.78, 5) is 19.8. The van der Waals surface area contributed by atoms with Gasteiger partial charge in [-0.2, -0.15) is 0 Å². The topological polar surface area (TPSA) is 38.1 Å². The van der Waals surface area contributed by atoms with Gasteiger partial charge in [0.1, 0.15) is 11.6 Å². The van der Waals surface area contributed by atoms with Crippen molar-refractivity contribution in [1.29, 1.82) is 0 Å². The first-order chi connectivity index (χ1) is 11.4. The molecule has 0 N–H and O–H groups in total. The van der Waals surface area contributed by atoms with Crippen LogP contribution in [0.2, 0.25) is 0 Å². The third-order valence-electron chi connectivity index (χ3n) is 4.49. The van der Waals surface area contributed by atoms with Crippen LogP contribution in [0.15, 0.2) is 23.1 Å². The van der Waals surface area contributed by atoms with Gasteiger partial charge in [0.05, 0.1) is 12.2 Å². The number of hydrogen-bond acceptors (Lipinski definition) is 3. The van der Waals surface area contributed by atoms with Gasteiger partial charge in [0.2, 0.25) is 0 Å². The molecule has 0 bridgehead atoms. The number of fused-ring (bicyclic) bond motifs is 1. The summed E-state index contributed by atoms with van der Waals surface area (Å²) in [5, 5.41) is 0. The number of benzene rings is 1. The van der Waals surface area contributed by atoms with Gasteiger partial charge in [-0.05, 0) is 24.5 Å². The summed E-state index contributed by atoms with van der Waals surface area (Å²) in [6, 6.07) is 4.56. The minimum atomic E-state index is -0.286. The molecule has 2 aromatic rings. The Hall–Kier alpha value is -1.82. The van der Waals surface area contributed by atoms with Gasteiger partial charge in [-0.15, -0.1) is 11.8 Å². The zero-order chi connectivity index (χ0) is 17.4. The maximum Gasteiger partial charge on any atom is 0.254 e. The van der Waals surface area contributed by atoms with E-state index in [1.165, 1.54) is 23.5 Å². The van der Waals surface area contributed by atoms with Crippen LogP contribution >= 0.6 is 11.8 Å². The number of carbonyl (C=O) groups excluding carboxylic acids is 1. The number of amides is 1. The van der Waals surface area contributed by atoms with Gasteiger partial charge >= 0.3 is 0 Å². The largest absolute Gasteiger partial charge is 0.334 e. The fraction of sp³-hybridized carbons (Fsp3) is 0.444. The van der Waals surface area contributed by atoms with Crippen LogP contribution in [-0.4, -0.2) is 33.2 Å². The van der Waals surface area contributed by atoms with E-state index in [-0.39, 0.29) is 11.7 Å². The van der Waals surface area contributed by atoms with Crippen LogP contribution < -0.4 is 0 Å². The maximum atomic E-state index is 13.6. The van der Waals surface area contributed by atoms with Crippen molar-refractivity contribution in [1.82, 2.24) is 14.5 Å². The van der Waals surface area contributed by atoms with Crippen molar-refractivity contribution in [3.8, 4) is 0 Å². The average molecular weight is 347 g/mol. The molecule has 1 aliphatic rings. The first kappa shape index (κ1) is 17.0. The molecular formula is C18H22FN3OS. The highest BCUT2D eigenvalue weighted by Crippen LogP contribution is 2.26. The molecule has 1 amide bonds. The van der Waals surface area contributed by atoms with Gasteiger partial charge in [0, 0.05) is 42.1 Å². The second kappa shape index (κ2) is 6.59. The van der Waals surface area contributed by atoms with E-state index < -0.39 is 0 Å². The molecule has 2 heterocycles. The standard InChI is InChI=1S/C18H22FN3OS/c1-11(2)17-20-14-10-22(8-7-15(14)21(17)3)18(23)12-5-6-13(19)16(9-12)24-4/h5-6,9,11H,7-8,10H2,1-4H3. The van der Waals surface area contributed by atoms with Gasteiger partial charge in [0.25, 0.3) is 5.91 Å². The average Bonchev–Trinajstić information content (AvgIpc) is 2.91. The fourth-order valence-electron chi connectivity index (χ4n) is 3.21. The fourth-order valence-corrected chi connectivity index (χ4v) is 3.72. The van der Waals surface area contributed by atoms with E-state index >= 15 is 0 Å². The molecule has 24 heavy (non-hydrogen) atoms. The van der Waals surface area contributed by atoms with Gasteiger partial charge in [-0.25, -0.2) is 9.37 Å². The molecule has 6 heteroatoms. The molecule has 1 aromatic heterocycles. The highest BCUT2D eigenvalue weighted by atomic mass is 32.2. The van der Waals surface area contributed by atoms with E-state index in [0.717, 1.165) is 17.9 Å². The number of carbonyl (C=O) groups is 1. The summed E-state index contributed by atoms with van der Waals surface area (Å²) >= 11 is 1.31. The summed E-state index contributed by atoms with van der Waals surface area (Å²) in [6.07, 6.45) is 2.61. The van der Waals surface area contributed by atoms with Crippen molar-refractivity contribution < 1.29 is 9.18 Å². The van der Waals surface area contributed by atoms with E-state index in [1.807, 2.05) is 7.05 Å². The molecule has 4 nitrogen and oxygen atoms in total. The Balaban J connectivity index is 1.85. The lowest BCUT2D eigenvalue weighted by molar-refractivity contribution is 0.0731. The molecule has 0 saturated carbocycles. The zero-order valence-corrected chi connectivity index (χ0v) is 15.3. The molecule has 128 valence electrons. The molecule has 0 saturated heterocycles. The quantitative estimate of drug-likeness (QED) is 0.796. The Morgan fingerprint density at radius 1 is 1.38 bits per heavy atom. The first-order valence-electron chi connectivity index (χ1n) is 8.09. The van der Waals surface area contributed by atoms with Crippen LogP contribution in [0.3, 0.4) is 0 Å². The Kier molecular flexibility index (Phi) is 4.67. The first-order valence-corrected chi connectivity index (χ1v) is 9.32. The smallest absolute Gasteiger partial charge is 0.254 e. The SMILES string of the molecule is CSc1cc(C(=O)N2CCc3c(nc(C(C)C)n3C)C2)ccc1F. The van der Waals surface area contributed by atoms with Crippen LogP contribution in [0.5, 0.6) is 0 Å². The zero-order valence-electron chi connectivity index (χ0n) is 14.5. The molecule has 1 aliphatic heterocycles. The predicted octanol–water partition coefficient (Wildman–Crippen LogP) is 3.60. The summed E-state index contributed by atoms with van der Waals surface area (Å²) in [5.74, 6) is 1.06. The van der Waals surface area contributed by atoms with E-state index in [0.29, 0.717) is 29.5 Å². The third kappa shape index (κ3) is 2.95. The number of hydrogen-bond donors (Lipinski definition) is 0. The summed E-state index contributed by atoms with van der Waals surface area (Å²) in [7, 11) is 2.05. The normalized spacial score (nSPS) is 14.2. The number of thioether (sulfide) groups is 1. The number of nitrogens with zero attached hydrogens (tertiary/aromatic N) is 3. The van der Waals surface area contributed by atoms with E-state index in [1.54, 1.807) is 23.3 Å². The molecule has 1 aromatic carbocycles. The van der Waals surface area contributed by atoms with Crippen molar-refractivity contribution >= 4 is 17.7 Å². The Labute approximate surface area is 146 Å². The van der Waals surface area contributed by atoms with Crippen LogP contribution in [0.25, 0.3) is 0 Å². The molecule has 0 fully saturated rings. The van der Waals surface area contributed by atoms with Crippen LogP contribution in [-0.2, 0) is 20.0 Å².